The molecule has 0 spiro atoms. The third-order valence-electron chi connectivity index (χ3n) is 6.00. The molecular formula is C33H50N4O3. The second-order valence-corrected chi connectivity index (χ2v) is 9.66. The fraction of sp³-hybridized carbons (Fsp3) is 0.485. The highest BCUT2D eigenvalue weighted by atomic mass is 16.5. The van der Waals surface area contributed by atoms with Crippen LogP contribution in [0.15, 0.2) is 90.0 Å². The third-order valence-corrected chi connectivity index (χ3v) is 6.00. The molecule has 1 aromatic heterocycles. The average Bonchev–Trinajstić information content (AvgIpc) is 2.92. The lowest BCUT2D eigenvalue weighted by Crippen LogP contribution is -2.35. The van der Waals surface area contributed by atoms with Gasteiger partial charge in [-0.1, -0.05) is 79.8 Å². The number of nitrogens with two attached hydrogens (primary N) is 1. The van der Waals surface area contributed by atoms with Crippen LogP contribution in [-0.2, 0) is 9.53 Å². The van der Waals surface area contributed by atoms with Crippen LogP contribution < -0.4 is 11.4 Å². The molecule has 2 N–H and O–H groups in total. The number of allylic oxidation sites excluding steroid dienone is 12. The first kappa shape index (κ1) is 34.6. The van der Waals surface area contributed by atoms with Crippen LogP contribution in [0.5, 0.6) is 0 Å². The van der Waals surface area contributed by atoms with Crippen molar-refractivity contribution in [2.75, 3.05) is 26.4 Å². The smallest absolute Gasteiger partial charge is 0.350 e. The van der Waals surface area contributed by atoms with Crippen molar-refractivity contribution in [2.24, 2.45) is 0 Å². The molecule has 0 amide bonds. The van der Waals surface area contributed by atoms with Gasteiger partial charge in [-0.2, -0.15) is 4.98 Å². The first-order valence-corrected chi connectivity index (χ1v) is 14.5. The molecule has 0 bridgehead atoms. The summed E-state index contributed by atoms with van der Waals surface area (Å²) in [5, 5.41) is 0. The zero-order valence-electron chi connectivity index (χ0n) is 24.8. The van der Waals surface area contributed by atoms with Gasteiger partial charge in [-0.3, -0.25) is 14.3 Å². The highest BCUT2D eigenvalue weighted by Gasteiger charge is 2.15. The van der Waals surface area contributed by atoms with Gasteiger partial charge in [0.25, 0.3) is 0 Å². The van der Waals surface area contributed by atoms with Crippen LogP contribution in [0, 0.1) is 0 Å². The van der Waals surface area contributed by atoms with Gasteiger partial charge < -0.3 is 10.5 Å². The molecule has 0 aliphatic heterocycles. The van der Waals surface area contributed by atoms with Gasteiger partial charge in [-0.05, 0) is 84.4 Å². The molecule has 0 aliphatic rings. The van der Waals surface area contributed by atoms with E-state index in [1.807, 2.05) is 25.1 Å². The van der Waals surface area contributed by atoms with Crippen molar-refractivity contribution >= 4 is 11.8 Å². The summed E-state index contributed by atoms with van der Waals surface area (Å²) in [5.41, 5.74) is 5.22. The van der Waals surface area contributed by atoms with E-state index in [1.165, 1.54) is 0 Å². The molecule has 1 heterocycles. The summed E-state index contributed by atoms with van der Waals surface area (Å²) in [7, 11) is 3.84. The number of hydrogen-bond acceptors (Lipinski definition) is 6. The standard InChI is InChI=1S/C33H50N4O3/c1-4-5-6-7-8-9-10-11-12-13-14-15-16-17-18-19-20-21-22-26-32(38)40-29-24-23-25-31(36(2)3)37-28-27-30(34)35-33(37)39/h5-6,8-9,11-12,14-15,17-18,20-21,27-28,31H,4,7,10,13,16,19,22-26,29H2,1-3H3,(H2,34,35,39)/b6-5-,9-8-,12-11-,15-14-,18-17-,21-20-/t31-/m0/s1. The molecule has 1 aromatic rings. The Morgan fingerprint density at radius 3 is 1.93 bits per heavy atom. The minimum atomic E-state index is -0.362. The van der Waals surface area contributed by atoms with Crippen molar-refractivity contribution in [3.63, 3.8) is 0 Å². The van der Waals surface area contributed by atoms with E-state index in [4.69, 9.17) is 10.5 Å². The SMILES string of the molecule is CC/C=C\C/C=C\C/C=C\C/C=C\C/C=C\C/C=C\CCC(=O)OCCCC[C@@H](N(C)C)n1ccc(N)nc1=O. The number of aromatic nitrogens is 2. The van der Waals surface area contributed by atoms with Crippen LogP contribution in [0.25, 0.3) is 0 Å². The maximum absolute atomic E-state index is 12.1. The van der Waals surface area contributed by atoms with Crippen LogP contribution in [-0.4, -0.2) is 41.1 Å². The summed E-state index contributed by atoms with van der Waals surface area (Å²) in [6.45, 7) is 2.54. The molecule has 40 heavy (non-hydrogen) atoms. The molecule has 0 aliphatic carbocycles. The molecule has 1 rings (SSSR count). The topological polar surface area (TPSA) is 90.4 Å². The van der Waals surface area contributed by atoms with Crippen molar-refractivity contribution < 1.29 is 9.53 Å². The van der Waals surface area contributed by atoms with Crippen molar-refractivity contribution in [1.29, 1.82) is 0 Å². The van der Waals surface area contributed by atoms with E-state index in [0.29, 0.717) is 19.4 Å². The zero-order valence-corrected chi connectivity index (χ0v) is 24.8. The summed E-state index contributed by atoms with van der Waals surface area (Å²) in [6.07, 6.45) is 36.8. The quantitative estimate of drug-likeness (QED) is 0.0999. The molecule has 0 saturated heterocycles. The lowest BCUT2D eigenvalue weighted by molar-refractivity contribution is -0.143. The molecule has 220 valence electrons. The number of hydrogen-bond donors (Lipinski definition) is 1. The number of nitrogen functional groups attached to an aromatic ring is 1. The number of carbonyl (C=O) groups excluding carboxylic acids is 1. The lowest BCUT2D eigenvalue weighted by Gasteiger charge is -2.26. The molecule has 7 heteroatoms. The Bertz CT molecular complexity index is 1050. The Morgan fingerprint density at radius 1 is 0.900 bits per heavy atom. The third kappa shape index (κ3) is 17.9. The minimum absolute atomic E-state index is 0.121. The summed E-state index contributed by atoms with van der Waals surface area (Å²) in [4.78, 5) is 29.9. The highest BCUT2D eigenvalue weighted by molar-refractivity contribution is 5.69. The number of ether oxygens (including phenoxy) is 1. The van der Waals surface area contributed by atoms with Crippen molar-refractivity contribution in [3.05, 3.63) is 95.7 Å². The van der Waals surface area contributed by atoms with Crippen LogP contribution in [0.3, 0.4) is 0 Å². The molecule has 0 aromatic carbocycles. The number of esters is 1. The summed E-state index contributed by atoms with van der Waals surface area (Å²) in [6, 6.07) is 1.62. The first-order valence-electron chi connectivity index (χ1n) is 14.5. The predicted molar refractivity (Wildman–Crippen MR) is 168 cm³/mol. The summed E-state index contributed by atoms with van der Waals surface area (Å²) < 4.78 is 6.93. The maximum Gasteiger partial charge on any atom is 0.350 e. The van der Waals surface area contributed by atoms with E-state index in [0.717, 1.165) is 57.8 Å². The van der Waals surface area contributed by atoms with Crippen LogP contribution in [0.4, 0.5) is 5.82 Å². The van der Waals surface area contributed by atoms with Gasteiger partial charge in [0.05, 0.1) is 12.8 Å². The van der Waals surface area contributed by atoms with E-state index >= 15 is 0 Å². The van der Waals surface area contributed by atoms with E-state index in [9.17, 15) is 9.59 Å². The average molecular weight is 551 g/mol. The van der Waals surface area contributed by atoms with Gasteiger partial charge in [-0.15, -0.1) is 0 Å². The number of anilines is 1. The van der Waals surface area contributed by atoms with E-state index in [2.05, 4.69) is 78.7 Å². The van der Waals surface area contributed by atoms with Crippen molar-refractivity contribution in [1.82, 2.24) is 14.5 Å². The number of nitrogens with zero attached hydrogens (tertiary/aromatic N) is 3. The monoisotopic (exact) mass is 550 g/mol. The van der Waals surface area contributed by atoms with E-state index in [-0.39, 0.29) is 23.6 Å². The Labute approximate surface area is 241 Å². The van der Waals surface area contributed by atoms with Gasteiger partial charge in [0.1, 0.15) is 5.82 Å². The van der Waals surface area contributed by atoms with E-state index in [1.54, 1.807) is 16.8 Å². The second-order valence-electron chi connectivity index (χ2n) is 9.66. The minimum Gasteiger partial charge on any atom is -0.466 e. The Kier molecular flexibility index (Phi) is 20.3. The molecule has 0 unspecified atom stereocenters. The number of carbonyl (C=O) groups is 1. The van der Waals surface area contributed by atoms with Crippen LogP contribution in [0.1, 0.15) is 83.7 Å². The first-order chi connectivity index (χ1) is 19.5. The summed E-state index contributed by atoms with van der Waals surface area (Å²) >= 11 is 0. The van der Waals surface area contributed by atoms with Gasteiger partial charge in [0.2, 0.25) is 0 Å². The maximum atomic E-state index is 12.1. The summed E-state index contributed by atoms with van der Waals surface area (Å²) in [5.74, 6) is 0.0392. The van der Waals surface area contributed by atoms with Crippen molar-refractivity contribution in [3.8, 4) is 0 Å². The molecular weight excluding hydrogens is 500 g/mol. The van der Waals surface area contributed by atoms with Crippen LogP contribution >= 0.6 is 0 Å². The number of unbranched alkanes of at least 4 members (excludes halogenated alkanes) is 1. The lowest BCUT2D eigenvalue weighted by atomic mass is 10.2. The largest absolute Gasteiger partial charge is 0.466 e. The predicted octanol–water partition coefficient (Wildman–Crippen LogP) is 7.08. The Hall–Kier alpha value is -3.45. The van der Waals surface area contributed by atoms with Gasteiger partial charge >= 0.3 is 11.7 Å². The Morgan fingerprint density at radius 2 is 1.43 bits per heavy atom. The molecule has 0 fully saturated rings. The van der Waals surface area contributed by atoms with Gasteiger partial charge in [0, 0.05) is 12.6 Å². The highest BCUT2D eigenvalue weighted by Crippen LogP contribution is 2.16. The van der Waals surface area contributed by atoms with Crippen LogP contribution in [0.2, 0.25) is 0 Å². The Balaban J connectivity index is 2.07. The van der Waals surface area contributed by atoms with E-state index < -0.39 is 0 Å². The molecule has 1 atom stereocenters. The molecule has 0 radical (unpaired) electrons. The normalized spacial score (nSPS) is 13.4. The zero-order chi connectivity index (χ0) is 29.3. The fourth-order valence-electron chi connectivity index (χ4n) is 3.83. The molecule has 7 nitrogen and oxygen atoms in total. The van der Waals surface area contributed by atoms with Gasteiger partial charge in [0.15, 0.2) is 0 Å². The second kappa shape index (κ2) is 23.4. The molecule has 0 saturated carbocycles. The fourth-order valence-corrected chi connectivity index (χ4v) is 3.83. The number of rotatable bonds is 21. The van der Waals surface area contributed by atoms with Gasteiger partial charge in [-0.25, -0.2) is 4.79 Å². The van der Waals surface area contributed by atoms with Crippen molar-refractivity contribution in [2.45, 2.75) is 83.7 Å².